The Bertz CT molecular complexity index is 1320. The molecule has 172 valence electrons. The highest BCUT2D eigenvalue weighted by Crippen LogP contribution is 2.24. The van der Waals surface area contributed by atoms with Crippen LogP contribution < -0.4 is 4.72 Å². The van der Waals surface area contributed by atoms with E-state index in [9.17, 15) is 13.2 Å². The third-order valence-corrected chi connectivity index (χ3v) is 6.76. The second kappa shape index (κ2) is 10.5. The first-order chi connectivity index (χ1) is 16.4. The molecule has 0 aliphatic carbocycles. The molecule has 0 aliphatic heterocycles. The first kappa shape index (κ1) is 23.5. The number of hydrogen-bond donors (Lipinski definition) is 1. The number of sulfonamides is 1. The van der Waals surface area contributed by atoms with Gasteiger partial charge in [0.25, 0.3) is 15.9 Å². The van der Waals surface area contributed by atoms with Crippen LogP contribution in [-0.2, 0) is 23.1 Å². The Kier molecular flexibility index (Phi) is 7.25. The topological polar surface area (TPSA) is 79.4 Å². The third-order valence-electron chi connectivity index (χ3n) is 5.13. The minimum Gasteiger partial charge on any atom is -0.330 e. The number of nitrogens with one attached hydrogen (secondary N) is 1. The second-order valence-electron chi connectivity index (χ2n) is 7.61. The lowest BCUT2D eigenvalue weighted by Gasteiger charge is -2.24. The lowest BCUT2D eigenvalue weighted by Crippen LogP contribution is -2.31. The average Bonchev–Trinajstić information content (AvgIpc) is 2.85. The molecule has 8 heteroatoms. The summed E-state index contributed by atoms with van der Waals surface area (Å²) >= 11 is 5.89. The Balaban J connectivity index is 1.66. The lowest BCUT2D eigenvalue weighted by molar-refractivity contribution is 0.0731. The Hall–Kier alpha value is -3.68. The molecule has 0 spiro atoms. The Morgan fingerprint density at radius 3 is 2.18 bits per heavy atom. The van der Waals surface area contributed by atoms with Crippen molar-refractivity contribution >= 4 is 33.2 Å². The zero-order chi connectivity index (χ0) is 24.0. The summed E-state index contributed by atoms with van der Waals surface area (Å²) in [5.41, 5.74) is 2.27. The van der Waals surface area contributed by atoms with E-state index < -0.39 is 10.0 Å². The maximum Gasteiger partial charge on any atom is 0.261 e. The van der Waals surface area contributed by atoms with Crippen LogP contribution in [0.4, 0.5) is 5.69 Å². The maximum atomic E-state index is 13.7. The summed E-state index contributed by atoms with van der Waals surface area (Å²) < 4.78 is 28.5. The normalized spacial score (nSPS) is 11.1. The molecule has 1 heterocycles. The van der Waals surface area contributed by atoms with Gasteiger partial charge in [0.2, 0.25) is 0 Å². The highest BCUT2D eigenvalue weighted by atomic mass is 35.5. The number of amides is 1. The molecular formula is C26H22ClN3O3S. The summed E-state index contributed by atoms with van der Waals surface area (Å²) in [6.45, 7) is 0.673. The smallest absolute Gasteiger partial charge is 0.261 e. The van der Waals surface area contributed by atoms with Crippen LogP contribution >= 0.6 is 11.6 Å². The predicted octanol–water partition coefficient (Wildman–Crippen LogP) is 5.38. The van der Waals surface area contributed by atoms with Crippen LogP contribution in [0.25, 0.3) is 0 Å². The first-order valence-corrected chi connectivity index (χ1v) is 12.4. The van der Waals surface area contributed by atoms with Crippen molar-refractivity contribution in [1.82, 2.24) is 9.88 Å². The standard InChI is InChI=1S/C26H22ClN3O3S/c27-22-12-14-23(15-13-22)34(32,33)29-25-11-5-4-10-24(25)26(31)30(18-20-7-2-1-3-8-20)19-21-9-6-16-28-17-21/h1-17,29H,18-19H2. The predicted molar refractivity (Wildman–Crippen MR) is 133 cm³/mol. The van der Waals surface area contributed by atoms with Gasteiger partial charge in [0.1, 0.15) is 0 Å². The van der Waals surface area contributed by atoms with Gasteiger partial charge in [-0.3, -0.25) is 14.5 Å². The van der Waals surface area contributed by atoms with Crippen molar-refractivity contribution in [2.45, 2.75) is 18.0 Å². The van der Waals surface area contributed by atoms with Gasteiger partial charge in [0.15, 0.2) is 0 Å². The molecule has 1 aromatic heterocycles. The van der Waals surface area contributed by atoms with Crippen molar-refractivity contribution in [3.05, 3.63) is 125 Å². The van der Waals surface area contributed by atoms with E-state index in [0.29, 0.717) is 18.1 Å². The molecular weight excluding hydrogens is 470 g/mol. The number of nitrogens with zero attached hydrogens (tertiary/aromatic N) is 2. The molecule has 34 heavy (non-hydrogen) atoms. The van der Waals surface area contributed by atoms with Crippen LogP contribution in [0.15, 0.2) is 108 Å². The van der Waals surface area contributed by atoms with Gasteiger partial charge in [-0.1, -0.05) is 60.1 Å². The number of rotatable bonds is 8. The quantitative estimate of drug-likeness (QED) is 0.359. The van der Waals surface area contributed by atoms with Gasteiger partial charge in [0, 0.05) is 30.5 Å². The molecule has 1 N–H and O–H groups in total. The van der Waals surface area contributed by atoms with E-state index in [-0.39, 0.29) is 22.1 Å². The summed E-state index contributed by atoms with van der Waals surface area (Å²) in [4.78, 5) is 19.6. The van der Waals surface area contributed by atoms with E-state index in [1.54, 1.807) is 41.6 Å². The van der Waals surface area contributed by atoms with Gasteiger partial charge < -0.3 is 4.90 Å². The van der Waals surface area contributed by atoms with E-state index in [1.807, 2.05) is 42.5 Å². The summed E-state index contributed by atoms with van der Waals surface area (Å²) in [6.07, 6.45) is 3.38. The zero-order valence-electron chi connectivity index (χ0n) is 18.1. The molecule has 0 atom stereocenters. The molecule has 0 fully saturated rings. The van der Waals surface area contributed by atoms with E-state index >= 15 is 0 Å². The molecule has 0 aliphatic rings. The number of hydrogen-bond acceptors (Lipinski definition) is 4. The SMILES string of the molecule is O=C(c1ccccc1NS(=O)(=O)c1ccc(Cl)cc1)N(Cc1ccccc1)Cc1cccnc1. The maximum absolute atomic E-state index is 13.7. The van der Waals surface area contributed by atoms with Crippen molar-refractivity contribution in [2.24, 2.45) is 0 Å². The minimum atomic E-state index is -3.92. The number of para-hydroxylation sites is 1. The van der Waals surface area contributed by atoms with E-state index in [1.165, 1.54) is 24.3 Å². The van der Waals surface area contributed by atoms with Crippen LogP contribution in [0.5, 0.6) is 0 Å². The summed E-state index contributed by atoms with van der Waals surface area (Å²) in [5, 5.41) is 0.432. The molecule has 0 radical (unpaired) electrons. The van der Waals surface area contributed by atoms with Crippen molar-refractivity contribution in [3.8, 4) is 0 Å². The Morgan fingerprint density at radius 2 is 1.47 bits per heavy atom. The number of carbonyl (C=O) groups excluding carboxylic acids is 1. The first-order valence-electron chi connectivity index (χ1n) is 10.5. The molecule has 0 saturated heterocycles. The largest absolute Gasteiger partial charge is 0.330 e. The van der Waals surface area contributed by atoms with Crippen molar-refractivity contribution < 1.29 is 13.2 Å². The van der Waals surface area contributed by atoms with Crippen molar-refractivity contribution in [2.75, 3.05) is 4.72 Å². The highest BCUT2D eigenvalue weighted by molar-refractivity contribution is 7.92. The Labute approximate surface area is 203 Å². The second-order valence-corrected chi connectivity index (χ2v) is 9.73. The van der Waals surface area contributed by atoms with Crippen LogP contribution in [-0.4, -0.2) is 24.2 Å². The van der Waals surface area contributed by atoms with E-state index in [4.69, 9.17) is 11.6 Å². The fourth-order valence-corrected chi connectivity index (χ4v) is 4.67. The van der Waals surface area contributed by atoms with E-state index in [2.05, 4.69) is 9.71 Å². The lowest BCUT2D eigenvalue weighted by atomic mass is 10.1. The van der Waals surface area contributed by atoms with Gasteiger partial charge in [-0.2, -0.15) is 0 Å². The number of halogens is 1. The number of aromatic nitrogens is 1. The van der Waals surface area contributed by atoms with Crippen LogP contribution in [0.2, 0.25) is 5.02 Å². The number of anilines is 1. The van der Waals surface area contributed by atoms with Crippen molar-refractivity contribution in [3.63, 3.8) is 0 Å². The molecule has 1 amide bonds. The van der Waals surface area contributed by atoms with Gasteiger partial charge in [0.05, 0.1) is 16.1 Å². The van der Waals surface area contributed by atoms with Crippen LogP contribution in [0.3, 0.4) is 0 Å². The van der Waals surface area contributed by atoms with E-state index in [0.717, 1.165) is 11.1 Å². The summed E-state index contributed by atoms with van der Waals surface area (Å²) in [5.74, 6) is -0.304. The monoisotopic (exact) mass is 491 g/mol. The van der Waals surface area contributed by atoms with Gasteiger partial charge in [-0.05, 0) is 53.6 Å². The molecule has 6 nitrogen and oxygen atoms in total. The van der Waals surface area contributed by atoms with Gasteiger partial charge in [-0.15, -0.1) is 0 Å². The fraction of sp³-hybridized carbons (Fsp3) is 0.0769. The average molecular weight is 492 g/mol. The van der Waals surface area contributed by atoms with Gasteiger partial charge in [-0.25, -0.2) is 8.42 Å². The number of pyridine rings is 1. The molecule has 3 aromatic carbocycles. The van der Waals surface area contributed by atoms with Crippen LogP contribution in [0, 0.1) is 0 Å². The summed E-state index contributed by atoms with van der Waals surface area (Å²) in [6, 6.07) is 25.7. The van der Waals surface area contributed by atoms with Crippen molar-refractivity contribution in [1.29, 1.82) is 0 Å². The summed E-state index contributed by atoms with van der Waals surface area (Å²) in [7, 11) is -3.92. The van der Waals surface area contributed by atoms with Gasteiger partial charge >= 0.3 is 0 Å². The number of carbonyl (C=O) groups is 1. The Morgan fingerprint density at radius 1 is 0.824 bits per heavy atom. The molecule has 0 saturated carbocycles. The molecule has 0 bridgehead atoms. The minimum absolute atomic E-state index is 0.0515. The number of benzene rings is 3. The highest BCUT2D eigenvalue weighted by Gasteiger charge is 2.23. The zero-order valence-corrected chi connectivity index (χ0v) is 19.7. The molecule has 4 aromatic rings. The molecule has 4 rings (SSSR count). The third kappa shape index (κ3) is 5.81. The fourth-order valence-electron chi connectivity index (χ4n) is 3.46. The molecule has 0 unspecified atom stereocenters. The van der Waals surface area contributed by atoms with Crippen LogP contribution in [0.1, 0.15) is 21.5 Å².